The minimum absolute atomic E-state index is 0.00820. The van der Waals surface area contributed by atoms with Crippen LogP contribution in [0.1, 0.15) is 25.8 Å². The Balaban J connectivity index is 2.76. The molecule has 0 saturated carbocycles. The summed E-state index contributed by atoms with van der Waals surface area (Å²) in [5, 5.41) is 24.0. The number of rotatable bonds is 6. The highest BCUT2D eigenvalue weighted by Crippen LogP contribution is 2.26. The average Bonchev–Trinajstić information content (AvgIpc) is 2.30. The van der Waals surface area contributed by atoms with Crippen LogP contribution in [0.25, 0.3) is 0 Å². The molecule has 6 heteroatoms. The summed E-state index contributed by atoms with van der Waals surface area (Å²) in [7, 11) is 0. The summed E-state index contributed by atoms with van der Waals surface area (Å²) in [6.07, 6.45) is 0.602. The third-order valence-corrected chi connectivity index (χ3v) is 3.21. The standard InChI is InChI=1S/C12H17ClN2O3/c1-3-12(2,16)8-14-7-9-10(13)5-4-6-11(9)15(17)18/h4-6,14,16H,3,7-8H2,1-2H3. The summed E-state index contributed by atoms with van der Waals surface area (Å²) < 4.78 is 0. The number of aliphatic hydroxyl groups is 1. The van der Waals surface area contributed by atoms with E-state index in [4.69, 9.17) is 11.6 Å². The van der Waals surface area contributed by atoms with Crippen LogP contribution in [0.5, 0.6) is 0 Å². The molecular formula is C12H17ClN2O3. The summed E-state index contributed by atoms with van der Waals surface area (Å²) in [6, 6.07) is 4.58. The fourth-order valence-electron chi connectivity index (χ4n) is 1.48. The first kappa shape index (κ1) is 14.9. The lowest BCUT2D eigenvalue weighted by Gasteiger charge is -2.21. The van der Waals surface area contributed by atoms with E-state index in [1.807, 2.05) is 6.92 Å². The van der Waals surface area contributed by atoms with Crippen LogP contribution in [-0.2, 0) is 6.54 Å². The largest absolute Gasteiger partial charge is 0.389 e. The van der Waals surface area contributed by atoms with Crippen LogP contribution in [0.15, 0.2) is 18.2 Å². The second-order valence-electron chi connectivity index (χ2n) is 4.45. The van der Waals surface area contributed by atoms with E-state index >= 15 is 0 Å². The predicted molar refractivity (Wildman–Crippen MR) is 70.7 cm³/mol. The molecule has 0 aliphatic heterocycles. The Morgan fingerprint density at radius 2 is 2.22 bits per heavy atom. The van der Waals surface area contributed by atoms with Gasteiger partial charge in [0.05, 0.1) is 21.1 Å². The Labute approximate surface area is 111 Å². The van der Waals surface area contributed by atoms with Crippen LogP contribution in [0.4, 0.5) is 5.69 Å². The van der Waals surface area contributed by atoms with Crippen molar-refractivity contribution in [2.45, 2.75) is 32.4 Å². The van der Waals surface area contributed by atoms with Crippen molar-refractivity contribution in [3.8, 4) is 0 Å². The molecule has 0 aliphatic carbocycles. The summed E-state index contributed by atoms with van der Waals surface area (Å²) >= 11 is 5.95. The molecule has 5 nitrogen and oxygen atoms in total. The van der Waals surface area contributed by atoms with Gasteiger partial charge in [-0.3, -0.25) is 10.1 Å². The van der Waals surface area contributed by atoms with Crippen molar-refractivity contribution in [2.75, 3.05) is 6.54 Å². The predicted octanol–water partition coefficient (Wildman–Crippen LogP) is 2.50. The number of nitro groups is 1. The maximum Gasteiger partial charge on any atom is 0.275 e. The van der Waals surface area contributed by atoms with Gasteiger partial charge in [-0.2, -0.15) is 0 Å². The number of benzene rings is 1. The third kappa shape index (κ3) is 3.94. The van der Waals surface area contributed by atoms with Crippen molar-refractivity contribution in [3.63, 3.8) is 0 Å². The van der Waals surface area contributed by atoms with Crippen LogP contribution in [0.3, 0.4) is 0 Å². The fraction of sp³-hybridized carbons (Fsp3) is 0.500. The van der Waals surface area contributed by atoms with E-state index in [0.717, 1.165) is 0 Å². The molecular weight excluding hydrogens is 256 g/mol. The quantitative estimate of drug-likeness (QED) is 0.616. The number of nitrogens with one attached hydrogen (secondary N) is 1. The van der Waals surface area contributed by atoms with Crippen LogP contribution in [0.2, 0.25) is 5.02 Å². The summed E-state index contributed by atoms with van der Waals surface area (Å²) in [4.78, 5) is 10.4. The molecule has 1 rings (SSSR count). The number of hydrogen-bond acceptors (Lipinski definition) is 4. The first-order valence-electron chi connectivity index (χ1n) is 5.72. The minimum atomic E-state index is -0.823. The van der Waals surface area contributed by atoms with Gasteiger partial charge in [0.1, 0.15) is 0 Å². The van der Waals surface area contributed by atoms with Gasteiger partial charge in [-0.05, 0) is 19.4 Å². The zero-order valence-corrected chi connectivity index (χ0v) is 11.2. The van der Waals surface area contributed by atoms with Crippen molar-refractivity contribution in [1.29, 1.82) is 0 Å². The monoisotopic (exact) mass is 272 g/mol. The molecule has 0 aliphatic rings. The number of halogens is 1. The second-order valence-corrected chi connectivity index (χ2v) is 4.86. The third-order valence-electron chi connectivity index (χ3n) is 2.86. The SMILES string of the molecule is CCC(C)(O)CNCc1c(Cl)cccc1[N+](=O)[O-]. The van der Waals surface area contributed by atoms with Gasteiger partial charge in [0.15, 0.2) is 0 Å². The zero-order chi connectivity index (χ0) is 13.8. The van der Waals surface area contributed by atoms with E-state index in [1.165, 1.54) is 6.07 Å². The molecule has 0 aromatic heterocycles. The van der Waals surface area contributed by atoms with E-state index in [1.54, 1.807) is 19.1 Å². The molecule has 0 fully saturated rings. The lowest BCUT2D eigenvalue weighted by atomic mass is 10.0. The first-order valence-corrected chi connectivity index (χ1v) is 6.10. The molecule has 1 atom stereocenters. The van der Waals surface area contributed by atoms with Crippen molar-refractivity contribution in [3.05, 3.63) is 38.9 Å². The highest BCUT2D eigenvalue weighted by molar-refractivity contribution is 6.31. The molecule has 0 radical (unpaired) electrons. The topological polar surface area (TPSA) is 75.4 Å². The van der Waals surface area contributed by atoms with Crippen molar-refractivity contribution in [1.82, 2.24) is 5.32 Å². The zero-order valence-electron chi connectivity index (χ0n) is 10.4. The van der Waals surface area contributed by atoms with E-state index in [0.29, 0.717) is 23.6 Å². The number of nitrogens with zero attached hydrogens (tertiary/aromatic N) is 1. The van der Waals surface area contributed by atoms with Gasteiger partial charge in [-0.1, -0.05) is 24.6 Å². The Hall–Kier alpha value is -1.17. The molecule has 1 unspecified atom stereocenters. The van der Waals surface area contributed by atoms with Gasteiger partial charge in [-0.15, -0.1) is 0 Å². The van der Waals surface area contributed by atoms with E-state index < -0.39 is 10.5 Å². The highest BCUT2D eigenvalue weighted by Gasteiger charge is 2.19. The Bertz CT molecular complexity index is 435. The molecule has 18 heavy (non-hydrogen) atoms. The van der Waals surface area contributed by atoms with Crippen molar-refractivity contribution < 1.29 is 10.0 Å². The average molecular weight is 273 g/mol. The van der Waals surface area contributed by atoms with Gasteiger partial charge in [0.2, 0.25) is 0 Å². The van der Waals surface area contributed by atoms with Crippen LogP contribution in [0, 0.1) is 10.1 Å². The van der Waals surface area contributed by atoms with E-state index in [9.17, 15) is 15.2 Å². The van der Waals surface area contributed by atoms with Gasteiger partial charge >= 0.3 is 0 Å². The van der Waals surface area contributed by atoms with Gasteiger partial charge in [0, 0.05) is 19.2 Å². The van der Waals surface area contributed by atoms with E-state index in [2.05, 4.69) is 5.32 Å². The van der Waals surface area contributed by atoms with Gasteiger partial charge in [-0.25, -0.2) is 0 Å². The summed E-state index contributed by atoms with van der Waals surface area (Å²) in [5.74, 6) is 0. The Morgan fingerprint density at radius 1 is 1.56 bits per heavy atom. The molecule has 0 bridgehead atoms. The lowest BCUT2D eigenvalue weighted by molar-refractivity contribution is -0.385. The highest BCUT2D eigenvalue weighted by atomic mass is 35.5. The maximum atomic E-state index is 10.9. The second kappa shape index (κ2) is 6.13. The van der Waals surface area contributed by atoms with Crippen LogP contribution < -0.4 is 5.32 Å². The minimum Gasteiger partial charge on any atom is -0.389 e. The van der Waals surface area contributed by atoms with Crippen LogP contribution in [-0.4, -0.2) is 22.2 Å². The normalized spacial score (nSPS) is 14.2. The molecule has 0 amide bonds. The van der Waals surface area contributed by atoms with Gasteiger partial charge in [0.25, 0.3) is 5.69 Å². The summed E-state index contributed by atoms with van der Waals surface area (Å²) in [5.41, 5.74) is -0.391. The smallest absolute Gasteiger partial charge is 0.275 e. The van der Waals surface area contributed by atoms with E-state index in [-0.39, 0.29) is 12.2 Å². The summed E-state index contributed by atoms with van der Waals surface area (Å²) in [6.45, 7) is 4.19. The van der Waals surface area contributed by atoms with Crippen LogP contribution >= 0.6 is 11.6 Å². The maximum absolute atomic E-state index is 10.9. The van der Waals surface area contributed by atoms with Gasteiger partial charge < -0.3 is 10.4 Å². The molecule has 0 heterocycles. The van der Waals surface area contributed by atoms with Crippen molar-refractivity contribution in [2.24, 2.45) is 0 Å². The van der Waals surface area contributed by atoms with Crippen molar-refractivity contribution >= 4 is 17.3 Å². The molecule has 1 aromatic rings. The molecule has 0 spiro atoms. The first-order chi connectivity index (χ1) is 8.37. The molecule has 0 saturated heterocycles. The number of hydrogen-bond donors (Lipinski definition) is 2. The lowest BCUT2D eigenvalue weighted by Crippen LogP contribution is -2.36. The Kier molecular flexibility index (Phi) is 5.07. The molecule has 100 valence electrons. The number of nitro benzene ring substituents is 1. The Morgan fingerprint density at radius 3 is 2.78 bits per heavy atom. The molecule has 2 N–H and O–H groups in total. The fourth-order valence-corrected chi connectivity index (χ4v) is 1.71. The molecule has 1 aromatic carbocycles.